The first kappa shape index (κ1) is 16.5. The van der Waals surface area contributed by atoms with Crippen LogP contribution in [-0.4, -0.2) is 34.1 Å². The number of methoxy groups -OCH3 is 1. The van der Waals surface area contributed by atoms with Crippen LogP contribution in [0.25, 0.3) is 0 Å². The van der Waals surface area contributed by atoms with Gasteiger partial charge in [0.25, 0.3) is 5.91 Å². The zero-order chi connectivity index (χ0) is 15.3. The van der Waals surface area contributed by atoms with E-state index in [4.69, 9.17) is 9.88 Å². The number of hydrogen-bond donors (Lipinski definition) is 2. The van der Waals surface area contributed by atoms with Crippen molar-refractivity contribution in [2.24, 2.45) is 5.14 Å². The Morgan fingerprint density at radius 3 is 2.70 bits per heavy atom. The third-order valence-corrected chi connectivity index (χ3v) is 3.56. The molecule has 0 fully saturated rings. The maximum absolute atomic E-state index is 13.4. The molecule has 0 aliphatic heterocycles. The van der Waals surface area contributed by atoms with Gasteiger partial charge in [-0.2, -0.15) is 0 Å². The summed E-state index contributed by atoms with van der Waals surface area (Å²) in [6, 6.07) is 2.85. The Bertz CT molecular complexity index is 589. The Balaban J connectivity index is 2.90. The van der Waals surface area contributed by atoms with Crippen LogP contribution >= 0.6 is 0 Å². The first-order chi connectivity index (χ1) is 9.25. The van der Waals surface area contributed by atoms with E-state index in [0.717, 1.165) is 12.1 Å². The predicted octanol–water partition coefficient (Wildman–Crippen LogP) is 0.628. The van der Waals surface area contributed by atoms with E-state index in [2.05, 4.69) is 5.32 Å². The van der Waals surface area contributed by atoms with Gasteiger partial charge in [-0.05, 0) is 31.5 Å². The van der Waals surface area contributed by atoms with Crippen molar-refractivity contribution >= 4 is 15.9 Å². The van der Waals surface area contributed by atoms with Crippen LogP contribution in [-0.2, 0) is 14.8 Å². The first-order valence-corrected chi connectivity index (χ1v) is 7.42. The summed E-state index contributed by atoms with van der Waals surface area (Å²) in [5.41, 5.74) is 0.0275. The van der Waals surface area contributed by atoms with E-state index in [0.29, 0.717) is 13.0 Å². The molecule has 0 aromatic heterocycles. The maximum Gasteiger partial charge on any atom is 0.251 e. The molecule has 6 nitrogen and oxygen atoms in total. The van der Waals surface area contributed by atoms with Crippen molar-refractivity contribution in [3.8, 4) is 0 Å². The van der Waals surface area contributed by atoms with Crippen LogP contribution in [0.1, 0.15) is 23.7 Å². The summed E-state index contributed by atoms with van der Waals surface area (Å²) in [6.07, 6.45) is 0.603. The van der Waals surface area contributed by atoms with Crippen molar-refractivity contribution in [3.05, 3.63) is 29.6 Å². The highest BCUT2D eigenvalue weighted by atomic mass is 32.2. The third-order valence-electron chi connectivity index (χ3n) is 2.63. The molecule has 1 aromatic carbocycles. The smallest absolute Gasteiger partial charge is 0.251 e. The second kappa shape index (κ2) is 6.78. The van der Waals surface area contributed by atoms with Gasteiger partial charge in [-0.3, -0.25) is 4.79 Å². The van der Waals surface area contributed by atoms with Crippen molar-refractivity contribution in [1.29, 1.82) is 0 Å². The van der Waals surface area contributed by atoms with Crippen LogP contribution < -0.4 is 10.5 Å². The number of sulfonamides is 1. The molecule has 1 unspecified atom stereocenters. The lowest BCUT2D eigenvalue weighted by molar-refractivity contribution is 0.0929. The number of primary sulfonamides is 1. The van der Waals surface area contributed by atoms with Crippen molar-refractivity contribution in [3.63, 3.8) is 0 Å². The van der Waals surface area contributed by atoms with E-state index in [9.17, 15) is 17.6 Å². The van der Waals surface area contributed by atoms with Gasteiger partial charge < -0.3 is 10.1 Å². The number of nitrogens with two attached hydrogens (primary N) is 1. The SMILES string of the molecule is COCCC(C)NC(=O)c1ccc(F)c(S(N)(=O)=O)c1. The summed E-state index contributed by atoms with van der Waals surface area (Å²) in [7, 11) is -2.66. The van der Waals surface area contributed by atoms with E-state index in [-0.39, 0.29) is 11.6 Å². The monoisotopic (exact) mass is 304 g/mol. The van der Waals surface area contributed by atoms with Crippen molar-refractivity contribution in [1.82, 2.24) is 5.32 Å². The summed E-state index contributed by atoms with van der Waals surface area (Å²) >= 11 is 0. The molecule has 20 heavy (non-hydrogen) atoms. The zero-order valence-corrected chi connectivity index (χ0v) is 12.0. The van der Waals surface area contributed by atoms with E-state index in [1.807, 2.05) is 0 Å². The molecular weight excluding hydrogens is 287 g/mol. The molecule has 0 heterocycles. The molecule has 0 radical (unpaired) electrons. The average Bonchev–Trinajstić information content (AvgIpc) is 2.35. The molecule has 1 rings (SSSR count). The van der Waals surface area contributed by atoms with Gasteiger partial charge in [-0.15, -0.1) is 0 Å². The highest BCUT2D eigenvalue weighted by molar-refractivity contribution is 7.89. The summed E-state index contributed by atoms with van der Waals surface area (Å²) in [5.74, 6) is -1.49. The second-order valence-corrected chi connectivity index (χ2v) is 5.88. The Morgan fingerprint density at radius 2 is 2.15 bits per heavy atom. The first-order valence-electron chi connectivity index (χ1n) is 5.88. The summed E-state index contributed by atoms with van der Waals surface area (Å²) in [4.78, 5) is 11.2. The van der Waals surface area contributed by atoms with Gasteiger partial charge in [0.2, 0.25) is 10.0 Å². The summed E-state index contributed by atoms with van der Waals surface area (Å²) < 4.78 is 40.6. The molecular formula is C12H17FN2O4S. The fourth-order valence-corrected chi connectivity index (χ4v) is 2.17. The quantitative estimate of drug-likeness (QED) is 0.805. The Morgan fingerprint density at radius 1 is 1.50 bits per heavy atom. The van der Waals surface area contributed by atoms with Crippen LogP contribution in [0.5, 0.6) is 0 Å². The number of benzene rings is 1. The van der Waals surface area contributed by atoms with Gasteiger partial charge in [0.1, 0.15) is 10.7 Å². The molecule has 0 saturated carbocycles. The van der Waals surface area contributed by atoms with E-state index in [1.165, 1.54) is 6.07 Å². The highest BCUT2D eigenvalue weighted by Crippen LogP contribution is 2.15. The standard InChI is InChI=1S/C12H17FN2O4S/c1-8(5-6-19-2)15-12(16)9-3-4-10(13)11(7-9)20(14,17)18/h3-4,7-8H,5-6H2,1-2H3,(H,15,16)(H2,14,17,18). The highest BCUT2D eigenvalue weighted by Gasteiger charge is 2.18. The van der Waals surface area contributed by atoms with Crippen LogP contribution in [0, 0.1) is 5.82 Å². The molecule has 1 amide bonds. The lowest BCUT2D eigenvalue weighted by atomic mass is 10.2. The minimum Gasteiger partial charge on any atom is -0.385 e. The average molecular weight is 304 g/mol. The van der Waals surface area contributed by atoms with Gasteiger partial charge >= 0.3 is 0 Å². The van der Waals surface area contributed by atoms with Gasteiger partial charge in [0, 0.05) is 25.3 Å². The molecule has 3 N–H and O–H groups in total. The Labute approximate surface area is 117 Å². The predicted molar refractivity (Wildman–Crippen MR) is 71.2 cm³/mol. The molecule has 0 spiro atoms. The van der Waals surface area contributed by atoms with Gasteiger partial charge in [-0.25, -0.2) is 17.9 Å². The molecule has 1 atom stereocenters. The second-order valence-electron chi connectivity index (χ2n) is 4.35. The van der Waals surface area contributed by atoms with E-state index in [1.54, 1.807) is 14.0 Å². The van der Waals surface area contributed by atoms with Crippen LogP contribution in [0.3, 0.4) is 0 Å². The molecule has 0 saturated heterocycles. The van der Waals surface area contributed by atoms with E-state index >= 15 is 0 Å². The number of rotatable bonds is 6. The third kappa shape index (κ3) is 4.55. The molecule has 0 aliphatic carbocycles. The number of carbonyl (C=O) groups is 1. The molecule has 112 valence electrons. The number of halogens is 1. The van der Waals surface area contributed by atoms with Crippen molar-refractivity contribution in [2.45, 2.75) is 24.3 Å². The fourth-order valence-electron chi connectivity index (χ4n) is 1.54. The lowest BCUT2D eigenvalue weighted by Gasteiger charge is -2.13. The largest absolute Gasteiger partial charge is 0.385 e. The molecule has 0 bridgehead atoms. The van der Waals surface area contributed by atoms with E-state index < -0.39 is 26.6 Å². The normalized spacial score (nSPS) is 13.0. The minimum absolute atomic E-state index is 0.0275. The van der Waals surface area contributed by atoms with Gasteiger partial charge in [0.15, 0.2) is 0 Å². The van der Waals surface area contributed by atoms with Crippen molar-refractivity contribution < 1.29 is 22.3 Å². The number of hydrogen-bond acceptors (Lipinski definition) is 4. The Hall–Kier alpha value is -1.51. The van der Waals surface area contributed by atoms with Gasteiger partial charge in [0.05, 0.1) is 0 Å². The van der Waals surface area contributed by atoms with Crippen LogP contribution in [0.2, 0.25) is 0 Å². The van der Waals surface area contributed by atoms with Crippen LogP contribution in [0.4, 0.5) is 4.39 Å². The number of nitrogens with one attached hydrogen (secondary N) is 1. The number of carbonyl (C=O) groups excluding carboxylic acids is 1. The number of amides is 1. The fraction of sp³-hybridized carbons (Fsp3) is 0.417. The molecule has 1 aromatic rings. The number of ether oxygens (including phenoxy) is 1. The Kier molecular flexibility index (Phi) is 5.61. The molecule has 0 aliphatic rings. The van der Waals surface area contributed by atoms with Crippen molar-refractivity contribution in [2.75, 3.05) is 13.7 Å². The minimum atomic E-state index is -4.21. The lowest BCUT2D eigenvalue weighted by Crippen LogP contribution is -2.33. The summed E-state index contributed by atoms with van der Waals surface area (Å²) in [6.45, 7) is 2.26. The van der Waals surface area contributed by atoms with Gasteiger partial charge in [-0.1, -0.05) is 0 Å². The molecule has 8 heteroatoms. The summed E-state index contributed by atoms with van der Waals surface area (Å²) in [5, 5.41) is 7.53. The topological polar surface area (TPSA) is 98.5 Å². The maximum atomic E-state index is 13.4. The zero-order valence-electron chi connectivity index (χ0n) is 11.2. The van der Waals surface area contributed by atoms with Crippen LogP contribution in [0.15, 0.2) is 23.1 Å².